The molecule has 0 aliphatic heterocycles. The molecule has 1 aromatic heterocycles. The first kappa shape index (κ1) is 14.1. The van der Waals surface area contributed by atoms with Crippen LogP contribution in [0.3, 0.4) is 0 Å². The fourth-order valence-electron chi connectivity index (χ4n) is 1.64. The fourth-order valence-corrected chi connectivity index (χ4v) is 1.64. The van der Waals surface area contributed by atoms with E-state index in [2.05, 4.69) is 29.2 Å². The first-order chi connectivity index (χ1) is 8.24. The highest BCUT2D eigenvalue weighted by Gasteiger charge is 2.03. The minimum absolute atomic E-state index is 0.724. The van der Waals surface area contributed by atoms with Crippen LogP contribution < -0.4 is 5.32 Å². The van der Waals surface area contributed by atoms with E-state index in [-0.39, 0.29) is 0 Å². The van der Waals surface area contributed by atoms with E-state index < -0.39 is 0 Å². The van der Waals surface area contributed by atoms with Crippen molar-refractivity contribution in [3.05, 3.63) is 12.2 Å². The Labute approximate surface area is 104 Å². The zero-order valence-corrected chi connectivity index (χ0v) is 11.1. The maximum absolute atomic E-state index is 4.98. The number of nitrogens with one attached hydrogen (secondary N) is 1. The van der Waals surface area contributed by atoms with Gasteiger partial charge in [-0.2, -0.15) is 5.10 Å². The van der Waals surface area contributed by atoms with E-state index in [1.807, 2.05) is 4.68 Å². The molecule has 1 N–H and O–H groups in total. The smallest absolute Gasteiger partial charge is 0.140 e. The summed E-state index contributed by atoms with van der Waals surface area (Å²) in [6.07, 6.45) is 4.02. The summed E-state index contributed by atoms with van der Waals surface area (Å²) in [5.41, 5.74) is 0. The lowest BCUT2D eigenvalue weighted by molar-refractivity contribution is 0.198. The molecular weight excluding hydrogens is 216 g/mol. The monoisotopic (exact) mass is 240 g/mol. The minimum Gasteiger partial charge on any atom is -0.383 e. The standard InChI is InChI=1S/C12H24N4O/c1-11(2)5-4-7-16-12(14-10-15-16)9-13-6-8-17-3/h10-11,13H,4-9H2,1-3H3. The number of hydrogen-bond donors (Lipinski definition) is 1. The van der Waals surface area contributed by atoms with E-state index in [9.17, 15) is 0 Å². The van der Waals surface area contributed by atoms with Crippen molar-refractivity contribution in [2.45, 2.75) is 39.8 Å². The van der Waals surface area contributed by atoms with Crippen molar-refractivity contribution in [2.24, 2.45) is 5.92 Å². The number of hydrogen-bond acceptors (Lipinski definition) is 4. The summed E-state index contributed by atoms with van der Waals surface area (Å²) in [7, 11) is 1.70. The van der Waals surface area contributed by atoms with Crippen LogP contribution in [-0.4, -0.2) is 35.0 Å². The van der Waals surface area contributed by atoms with Crippen molar-refractivity contribution in [1.82, 2.24) is 20.1 Å². The average Bonchev–Trinajstić information content (AvgIpc) is 2.72. The Balaban J connectivity index is 2.27. The van der Waals surface area contributed by atoms with Gasteiger partial charge in [-0.25, -0.2) is 9.67 Å². The van der Waals surface area contributed by atoms with Gasteiger partial charge in [0.05, 0.1) is 13.2 Å². The van der Waals surface area contributed by atoms with Crippen LogP contribution in [0.2, 0.25) is 0 Å². The van der Waals surface area contributed by atoms with Crippen LogP contribution in [0.15, 0.2) is 6.33 Å². The van der Waals surface area contributed by atoms with Crippen molar-refractivity contribution in [3.63, 3.8) is 0 Å². The second kappa shape index (κ2) is 8.20. The Bertz CT molecular complexity index is 298. The second-order valence-corrected chi connectivity index (χ2v) is 4.61. The number of rotatable bonds is 9. The summed E-state index contributed by atoms with van der Waals surface area (Å²) in [5.74, 6) is 1.76. The Hall–Kier alpha value is -0.940. The molecule has 0 saturated heterocycles. The Morgan fingerprint density at radius 3 is 3.00 bits per heavy atom. The molecule has 17 heavy (non-hydrogen) atoms. The van der Waals surface area contributed by atoms with Gasteiger partial charge in [-0.05, 0) is 18.8 Å². The normalized spacial score (nSPS) is 11.3. The number of ether oxygens (including phenoxy) is 1. The molecule has 98 valence electrons. The van der Waals surface area contributed by atoms with E-state index in [0.29, 0.717) is 0 Å². The largest absolute Gasteiger partial charge is 0.383 e. The number of nitrogens with zero attached hydrogens (tertiary/aromatic N) is 3. The van der Waals surface area contributed by atoms with Gasteiger partial charge in [0, 0.05) is 20.2 Å². The quantitative estimate of drug-likeness (QED) is 0.664. The van der Waals surface area contributed by atoms with Crippen molar-refractivity contribution in [2.75, 3.05) is 20.3 Å². The van der Waals surface area contributed by atoms with Gasteiger partial charge in [0.2, 0.25) is 0 Å². The van der Waals surface area contributed by atoms with Crippen molar-refractivity contribution in [3.8, 4) is 0 Å². The van der Waals surface area contributed by atoms with Crippen LogP contribution in [-0.2, 0) is 17.8 Å². The Morgan fingerprint density at radius 2 is 2.29 bits per heavy atom. The van der Waals surface area contributed by atoms with Crippen LogP contribution in [0.4, 0.5) is 0 Å². The van der Waals surface area contributed by atoms with Crippen LogP contribution in [0, 0.1) is 5.92 Å². The SMILES string of the molecule is COCCNCc1ncnn1CCCC(C)C. The van der Waals surface area contributed by atoms with Gasteiger partial charge in [-0.3, -0.25) is 0 Å². The topological polar surface area (TPSA) is 52.0 Å². The van der Waals surface area contributed by atoms with E-state index >= 15 is 0 Å². The lowest BCUT2D eigenvalue weighted by Crippen LogP contribution is -2.21. The van der Waals surface area contributed by atoms with Crippen LogP contribution >= 0.6 is 0 Å². The third-order valence-corrected chi connectivity index (χ3v) is 2.61. The summed E-state index contributed by atoms with van der Waals surface area (Å²) in [4.78, 5) is 4.26. The summed E-state index contributed by atoms with van der Waals surface area (Å²) < 4.78 is 6.97. The first-order valence-corrected chi connectivity index (χ1v) is 6.30. The molecule has 1 aromatic rings. The summed E-state index contributed by atoms with van der Waals surface area (Å²) in [5, 5.41) is 7.53. The predicted octanol–water partition coefficient (Wildman–Crippen LogP) is 1.45. The van der Waals surface area contributed by atoms with Crippen LogP contribution in [0.5, 0.6) is 0 Å². The lowest BCUT2D eigenvalue weighted by atomic mass is 10.1. The maximum Gasteiger partial charge on any atom is 0.140 e. The minimum atomic E-state index is 0.724. The van der Waals surface area contributed by atoms with Gasteiger partial charge >= 0.3 is 0 Å². The number of methoxy groups -OCH3 is 1. The van der Waals surface area contributed by atoms with Gasteiger partial charge < -0.3 is 10.1 Å². The maximum atomic E-state index is 4.98. The molecule has 0 fully saturated rings. The molecule has 0 aliphatic rings. The van der Waals surface area contributed by atoms with Crippen LogP contribution in [0.1, 0.15) is 32.5 Å². The molecule has 1 rings (SSSR count). The molecule has 0 amide bonds. The van der Waals surface area contributed by atoms with E-state index in [4.69, 9.17) is 4.74 Å². The van der Waals surface area contributed by atoms with E-state index in [1.165, 1.54) is 6.42 Å². The molecule has 0 unspecified atom stereocenters. The molecule has 1 heterocycles. The van der Waals surface area contributed by atoms with Gasteiger partial charge in [0.25, 0.3) is 0 Å². The first-order valence-electron chi connectivity index (χ1n) is 6.30. The zero-order valence-electron chi connectivity index (χ0n) is 11.1. The summed E-state index contributed by atoms with van der Waals surface area (Å²) in [6, 6.07) is 0. The summed E-state index contributed by atoms with van der Waals surface area (Å²) in [6.45, 7) is 7.77. The second-order valence-electron chi connectivity index (χ2n) is 4.61. The van der Waals surface area contributed by atoms with E-state index in [1.54, 1.807) is 13.4 Å². The Kier molecular flexibility index (Phi) is 6.81. The third kappa shape index (κ3) is 5.79. The third-order valence-electron chi connectivity index (χ3n) is 2.61. The molecule has 5 heteroatoms. The number of aryl methyl sites for hydroxylation is 1. The zero-order chi connectivity index (χ0) is 12.5. The molecule has 0 aliphatic carbocycles. The lowest BCUT2D eigenvalue weighted by Gasteiger charge is -2.08. The molecule has 0 spiro atoms. The Morgan fingerprint density at radius 1 is 1.47 bits per heavy atom. The molecule has 0 atom stereocenters. The van der Waals surface area contributed by atoms with Crippen LogP contribution in [0.25, 0.3) is 0 Å². The summed E-state index contributed by atoms with van der Waals surface area (Å²) >= 11 is 0. The molecule has 0 radical (unpaired) electrons. The van der Waals surface area contributed by atoms with Gasteiger partial charge in [0.1, 0.15) is 12.2 Å². The molecule has 0 bridgehead atoms. The highest BCUT2D eigenvalue weighted by atomic mass is 16.5. The molecule has 0 aromatic carbocycles. The van der Waals surface area contributed by atoms with Gasteiger partial charge in [-0.15, -0.1) is 0 Å². The van der Waals surface area contributed by atoms with Crippen molar-refractivity contribution < 1.29 is 4.74 Å². The number of aromatic nitrogens is 3. The van der Waals surface area contributed by atoms with Gasteiger partial charge in [-0.1, -0.05) is 13.8 Å². The highest BCUT2D eigenvalue weighted by molar-refractivity contribution is 4.83. The van der Waals surface area contributed by atoms with Crippen molar-refractivity contribution in [1.29, 1.82) is 0 Å². The van der Waals surface area contributed by atoms with E-state index in [0.717, 1.165) is 44.4 Å². The molecule has 5 nitrogen and oxygen atoms in total. The molecular formula is C12H24N4O. The average molecular weight is 240 g/mol. The molecule has 0 saturated carbocycles. The predicted molar refractivity (Wildman–Crippen MR) is 67.7 cm³/mol. The van der Waals surface area contributed by atoms with Gasteiger partial charge in [0.15, 0.2) is 0 Å². The fraction of sp³-hybridized carbons (Fsp3) is 0.833. The van der Waals surface area contributed by atoms with Crippen molar-refractivity contribution >= 4 is 0 Å². The highest BCUT2D eigenvalue weighted by Crippen LogP contribution is 2.05.